The Labute approximate surface area is 245 Å². The number of aromatic nitrogens is 2. The largest absolute Gasteiger partial charge is 0.474 e. The van der Waals surface area contributed by atoms with Gasteiger partial charge in [-0.2, -0.15) is 0 Å². The molecule has 0 radical (unpaired) electrons. The van der Waals surface area contributed by atoms with E-state index in [2.05, 4.69) is 25.9 Å². The minimum Gasteiger partial charge on any atom is -0.474 e. The molecule has 1 unspecified atom stereocenters. The number of carbonyl (C=O) groups excluding carboxylic acids is 2. The number of nitrogens with zero attached hydrogens (tertiary/aromatic N) is 3. The summed E-state index contributed by atoms with van der Waals surface area (Å²) < 4.78 is 32.6. The van der Waals surface area contributed by atoms with Crippen LogP contribution in [0.5, 0.6) is 5.88 Å². The fourth-order valence-electron chi connectivity index (χ4n) is 5.62. The summed E-state index contributed by atoms with van der Waals surface area (Å²) in [7, 11) is 0. The molecule has 14 heteroatoms. The highest BCUT2D eigenvalue weighted by Gasteiger charge is 2.54. The van der Waals surface area contributed by atoms with E-state index in [0.29, 0.717) is 36.0 Å². The number of hydrogen-bond acceptors (Lipinski definition) is 8. The Bertz CT molecular complexity index is 1650. The van der Waals surface area contributed by atoms with E-state index in [9.17, 15) is 19.5 Å². The summed E-state index contributed by atoms with van der Waals surface area (Å²) >= 11 is 0. The lowest BCUT2D eigenvalue weighted by Gasteiger charge is -2.29. The van der Waals surface area contributed by atoms with Crippen molar-refractivity contribution >= 4 is 46.2 Å². The Hall–Kier alpha value is -4.72. The van der Waals surface area contributed by atoms with Crippen LogP contribution in [-0.2, 0) is 9.47 Å². The average molecular weight is 595 g/mol. The third kappa shape index (κ3) is 5.45. The Morgan fingerprint density at radius 3 is 2.53 bits per heavy atom. The molecule has 2 aromatic heterocycles. The SMILES string of the molecule is Cc1c(-c2cc3cc(NC(=O)NC4[C@H]5COC[C@@H]45)ncc3c(NC(=O)OC(C)(C)C)c2F)cnc2c1N(C(=O)O)CCO2. The van der Waals surface area contributed by atoms with Gasteiger partial charge in [0.15, 0.2) is 5.82 Å². The minimum atomic E-state index is -1.19. The van der Waals surface area contributed by atoms with Crippen molar-refractivity contribution in [1.82, 2.24) is 15.3 Å². The lowest BCUT2D eigenvalue weighted by Crippen LogP contribution is -2.37. The third-order valence-corrected chi connectivity index (χ3v) is 7.70. The van der Waals surface area contributed by atoms with Crippen molar-refractivity contribution < 1.29 is 38.1 Å². The molecule has 43 heavy (non-hydrogen) atoms. The number of nitrogens with one attached hydrogen (secondary N) is 3. The summed E-state index contributed by atoms with van der Waals surface area (Å²) in [4.78, 5) is 47.0. The molecule has 226 valence electrons. The smallest absolute Gasteiger partial charge is 0.412 e. The number of rotatable bonds is 4. The van der Waals surface area contributed by atoms with Crippen molar-refractivity contribution in [1.29, 1.82) is 0 Å². The maximum absolute atomic E-state index is 16.3. The van der Waals surface area contributed by atoms with Gasteiger partial charge in [-0.25, -0.2) is 28.7 Å². The molecule has 4 amide bonds. The van der Waals surface area contributed by atoms with E-state index >= 15 is 4.39 Å². The number of carbonyl (C=O) groups is 3. The van der Waals surface area contributed by atoms with Crippen LogP contribution in [0.4, 0.5) is 36.0 Å². The molecule has 4 heterocycles. The zero-order chi connectivity index (χ0) is 30.6. The van der Waals surface area contributed by atoms with Crippen LogP contribution in [0.25, 0.3) is 21.9 Å². The highest BCUT2D eigenvalue weighted by atomic mass is 19.1. The van der Waals surface area contributed by atoms with Gasteiger partial charge in [0.25, 0.3) is 0 Å². The number of carboxylic acid groups (broad SMARTS) is 1. The maximum Gasteiger partial charge on any atom is 0.412 e. The third-order valence-electron chi connectivity index (χ3n) is 7.70. The van der Waals surface area contributed by atoms with E-state index in [1.165, 1.54) is 18.5 Å². The number of benzene rings is 1. The number of urea groups is 1. The molecule has 1 saturated heterocycles. The molecule has 13 nitrogen and oxygen atoms in total. The van der Waals surface area contributed by atoms with Gasteiger partial charge < -0.3 is 24.6 Å². The molecule has 1 aliphatic carbocycles. The van der Waals surface area contributed by atoms with Gasteiger partial charge in [-0.3, -0.25) is 15.5 Å². The van der Waals surface area contributed by atoms with Crippen molar-refractivity contribution in [3.63, 3.8) is 0 Å². The molecule has 3 atom stereocenters. The molecule has 0 bridgehead atoms. The maximum atomic E-state index is 16.3. The first kappa shape index (κ1) is 28.4. The van der Waals surface area contributed by atoms with Crippen LogP contribution in [0.2, 0.25) is 0 Å². The van der Waals surface area contributed by atoms with Crippen molar-refractivity contribution in [3.8, 4) is 17.0 Å². The second-order valence-electron chi connectivity index (χ2n) is 11.8. The number of pyridine rings is 2. The van der Waals surface area contributed by atoms with Crippen LogP contribution in [0.1, 0.15) is 26.3 Å². The topological polar surface area (TPSA) is 164 Å². The van der Waals surface area contributed by atoms with E-state index in [0.717, 1.165) is 4.90 Å². The van der Waals surface area contributed by atoms with Crippen molar-refractivity contribution in [2.75, 3.05) is 41.9 Å². The first-order valence-electron chi connectivity index (χ1n) is 13.8. The number of fused-ring (bicyclic) bond motifs is 3. The van der Waals surface area contributed by atoms with Gasteiger partial charge in [0.2, 0.25) is 5.88 Å². The summed E-state index contributed by atoms with van der Waals surface area (Å²) in [5.74, 6) is 0.163. The van der Waals surface area contributed by atoms with E-state index in [4.69, 9.17) is 14.2 Å². The molecule has 0 spiro atoms. The van der Waals surface area contributed by atoms with Crippen LogP contribution in [0, 0.1) is 24.6 Å². The minimum absolute atomic E-state index is 0.0367. The standard InChI is InChI=1S/C29H31FN6O7/c1-13-16(9-32-25-24(13)36(28(39)40)5-6-42-25)15-7-14-8-20(33-26(37)34-22-18-11-41-12-19(18)22)31-10-17(14)23(21(15)30)35-27(38)43-29(2,3)4/h7-10,18-19,22H,5-6,11-12H2,1-4H3,(H,35,38)(H,39,40)(H2,31,33,34,37)/t18-,19+,22?. The summed E-state index contributed by atoms with van der Waals surface area (Å²) in [6, 6.07) is 2.71. The Balaban J connectivity index is 1.41. The summed E-state index contributed by atoms with van der Waals surface area (Å²) in [6.45, 7) is 8.15. The molecular formula is C29H31FN6O7. The lowest BCUT2D eigenvalue weighted by molar-refractivity contribution is 0.0635. The van der Waals surface area contributed by atoms with E-state index in [-0.39, 0.29) is 58.8 Å². The molecule has 1 aromatic carbocycles. The number of hydrogen-bond donors (Lipinski definition) is 4. The summed E-state index contributed by atoms with van der Waals surface area (Å²) in [5.41, 5.74) is -0.0918. The first-order valence-corrected chi connectivity index (χ1v) is 13.8. The van der Waals surface area contributed by atoms with E-state index in [1.54, 1.807) is 33.8 Å². The average Bonchev–Trinajstić information content (AvgIpc) is 3.32. The zero-order valence-electron chi connectivity index (χ0n) is 24.0. The van der Waals surface area contributed by atoms with Crippen molar-refractivity contribution in [3.05, 3.63) is 35.9 Å². The predicted molar refractivity (Wildman–Crippen MR) is 154 cm³/mol. The van der Waals surface area contributed by atoms with E-state index in [1.807, 2.05) is 0 Å². The Morgan fingerprint density at radius 1 is 1.09 bits per heavy atom. The van der Waals surface area contributed by atoms with Crippen LogP contribution < -0.4 is 25.6 Å². The highest BCUT2D eigenvalue weighted by molar-refractivity contribution is 6.05. The second kappa shape index (κ2) is 10.5. The van der Waals surface area contributed by atoms with E-state index < -0.39 is 29.6 Å². The molecule has 2 fully saturated rings. The van der Waals surface area contributed by atoms with Gasteiger partial charge in [-0.15, -0.1) is 0 Å². The second-order valence-corrected chi connectivity index (χ2v) is 11.8. The number of anilines is 3. The molecule has 6 rings (SSSR count). The fourth-order valence-corrected chi connectivity index (χ4v) is 5.62. The van der Waals surface area contributed by atoms with Crippen molar-refractivity contribution in [2.45, 2.75) is 39.3 Å². The Kier molecular flexibility index (Phi) is 6.95. The molecule has 4 N–H and O–H groups in total. The van der Waals surface area contributed by atoms with Gasteiger partial charge in [-0.1, -0.05) is 0 Å². The first-order chi connectivity index (χ1) is 20.4. The summed E-state index contributed by atoms with van der Waals surface area (Å²) in [5, 5.41) is 18.6. The van der Waals surface area contributed by atoms with Crippen LogP contribution in [-0.4, -0.2) is 71.3 Å². The van der Waals surface area contributed by atoms with Crippen molar-refractivity contribution in [2.24, 2.45) is 11.8 Å². The highest BCUT2D eigenvalue weighted by Crippen LogP contribution is 2.44. The number of ether oxygens (including phenoxy) is 3. The monoisotopic (exact) mass is 594 g/mol. The summed E-state index contributed by atoms with van der Waals surface area (Å²) in [6.07, 6.45) is 0.671. The van der Waals surface area contributed by atoms with Gasteiger partial charge in [0, 0.05) is 46.8 Å². The number of halogens is 1. The van der Waals surface area contributed by atoms with Crippen LogP contribution in [0.15, 0.2) is 24.5 Å². The van der Waals surface area contributed by atoms with Crippen LogP contribution in [0.3, 0.4) is 0 Å². The van der Waals surface area contributed by atoms with Gasteiger partial charge in [0.05, 0.1) is 25.4 Å². The number of amides is 4. The quantitative estimate of drug-likeness (QED) is 0.334. The molecule has 1 saturated carbocycles. The van der Waals surface area contributed by atoms with Gasteiger partial charge in [-0.05, 0) is 50.8 Å². The lowest BCUT2D eigenvalue weighted by atomic mass is 9.96. The molecular weight excluding hydrogens is 563 g/mol. The van der Waals surface area contributed by atoms with Crippen LogP contribution >= 0.6 is 0 Å². The van der Waals surface area contributed by atoms with Gasteiger partial charge >= 0.3 is 18.2 Å². The van der Waals surface area contributed by atoms with Gasteiger partial charge in [0.1, 0.15) is 23.7 Å². The zero-order valence-corrected chi connectivity index (χ0v) is 24.0. The molecule has 3 aromatic rings. The predicted octanol–water partition coefficient (Wildman–Crippen LogP) is 4.73. The normalized spacial score (nSPS) is 20.5. The molecule has 2 aliphatic heterocycles. The fraction of sp³-hybridized carbons (Fsp3) is 0.414. The Morgan fingerprint density at radius 2 is 1.84 bits per heavy atom. The molecule has 3 aliphatic rings.